The summed E-state index contributed by atoms with van der Waals surface area (Å²) in [4.78, 5) is 11.9. The van der Waals surface area contributed by atoms with Crippen LogP contribution in [0.15, 0.2) is 41.3 Å². The summed E-state index contributed by atoms with van der Waals surface area (Å²) >= 11 is 17.7. The Hall–Kier alpha value is -1.27. The monoisotopic (exact) mass is 447 g/mol. The van der Waals surface area contributed by atoms with Crippen molar-refractivity contribution in [3.8, 4) is 0 Å². The third-order valence-electron chi connectivity index (χ3n) is 4.31. The number of nitrogens with zero attached hydrogens (tertiary/aromatic N) is 1. The van der Waals surface area contributed by atoms with Gasteiger partial charge in [0.15, 0.2) is 0 Å². The third-order valence-corrected chi connectivity index (χ3v) is 7.23. The molecule has 1 unspecified atom stereocenters. The first-order chi connectivity index (χ1) is 12.6. The smallest absolute Gasteiger partial charge is 0.265 e. The number of hydrogen-bond donors (Lipinski definition) is 0. The van der Waals surface area contributed by atoms with Crippen LogP contribution < -0.4 is 4.31 Å². The molecule has 0 aliphatic carbocycles. The molecule has 0 N–H and O–H groups in total. The average molecular weight is 449 g/mol. The number of carbonyl (C=O) groups excluding carboxylic acids is 1. The zero-order valence-corrected chi connectivity index (χ0v) is 18.3. The lowest BCUT2D eigenvalue weighted by Crippen LogP contribution is -2.43. The fraction of sp³-hybridized carbons (Fsp3) is 0.316. The molecular weight excluding hydrogens is 429 g/mol. The maximum absolute atomic E-state index is 13.5. The molecule has 0 radical (unpaired) electrons. The molecule has 0 saturated heterocycles. The van der Waals surface area contributed by atoms with E-state index < -0.39 is 21.3 Å². The number of rotatable bonds is 7. The molecule has 2 rings (SSSR count). The van der Waals surface area contributed by atoms with Crippen molar-refractivity contribution in [3.05, 3.63) is 57.6 Å². The maximum atomic E-state index is 13.5. The van der Waals surface area contributed by atoms with Gasteiger partial charge in [-0.1, -0.05) is 55.2 Å². The predicted molar refractivity (Wildman–Crippen MR) is 112 cm³/mol. The molecule has 0 heterocycles. The van der Waals surface area contributed by atoms with Crippen LogP contribution >= 0.6 is 34.8 Å². The van der Waals surface area contributed by atoms with E-state index in [1.807, 2.05) is 32.0 Å². The second-order valence-electron chi connectivity index (χ2n) is 5.99. The minimum absolute atomic E-state index is 0.0605. The Balaban J connectivity index is 2.81. The normalized spacial score (nSPS) is 12.7. The summed E-state index contributed by atoms with van der Waals surface area (Å²) in [5, 5.41) is -0.416. The standard InChI is InChI=1S/C19H20Cl3NO3S/c1-4-13-7-6-8-14(5-2)18(13)23(12(3)19(22)24)27(25,26)15-9-10-16(20)17(21)11-15/h6-12H,4-5H2,1-3H3. The Labute approximate surface area is 175 Å². The van der Waals surface area contributed by atoms with Crippen LogP contribution in [0.3, 0.4) is 0 Å². The van der Waals surface area contributed by atoms with Gasteiger partial charge >= 0.3 is 0 Å². The first kappa shape index (κ1) is 22.0. The molecule has 0 spiro atoms. The van der Waals surface area contributed by atoms with Crippen molar-refractivity contribution in [2.24, 2.45) is 0 Å². The molecule has 146 valence electrons. The van der Waals surface area contributed by atoms with Crippen LogP contribution in [0.2, 0.25) is 10.0 Å². The van der Waals surface area contributed by atoms with Gasteiger partial charge in [0.2, 0.25) is 5.24 Å². The van der Waals surface area contributed by atoms with Crippen molar-refractivity contribution in [2.45, 2.75) is 44.6 Å². The number of aryl methyl sites for hydroxylation is 2. The van der Waals surface area contributed by atoms with Crippen LogP contribution in [0.25, 0.3) is 0 Å². The minimum atomic E-state index is -4.12. The Bertz CT molecular complexity index is 938. The van der Waals surface area contributed by atoms with Gasteiger partial charge in [-0.15, -0.1) is 0 Å². The third kappa shape index (κ3) is 4.43. The first-order valence-corrected chi connectivity index (χ1v) is 11.0. The average Bonchev–Trinajstić information content (AvgIpc) is 2.63. The Morgan fingerprint density at radius 3 is 2.04 bits per heavy atom. The van der Waals surface area contributed by atoms with Crippen LogP contribution in [0.5, 0.6) is 0 Å². The summed E-state index contributed by atoms with van der Waals surface area (Å²) in [5.41, 5.74) is 2.10. The van der Waals surface area contributed by atoms with Crippen molar-refractivity contribution in [1.82, 2.24) is 0 Å². The molecule has 0 aliphatic heterocycles. The van der Waals surface area contributed by atoms with E-state index in [-0.39, 0.29) is 14.9 Å². The molecule has 2 aromatic rings. The lowest BCUT2D eigenvalue weighted by atomic mass is 10.0. The zero-order valence-electron chi connectivity index (χ0n) is 15.2. The number of sulfonamides is 1. The second-order valence-corrected chi connectivity index (χ2v) is 8.99. The molecular formula is C19H20Cl3NO3S. The largest absolute Gasteiger partial charge is 0.279 e. The van der Waals surface area contributed by atoms with Crippen molar-refractivity contribution in [2.75, 3.05) is 4.31 Å². The molecule has 4 nitrogen and oxygen atoms in total. The van der Waals surface area contributed by atoms with E-state index in [4.69, 9.17) is 34.8 Å². The topological polar surface area (TPSA) is 54.5 Å². The maximum Gasteiger partial charge on any atom is 0.265 e. The Kier molecular flexibility index (Phi) is 7.20. The van der Waals surface area contributed by atoms with E-state index >= 15 is 0 Å². The molecule has 0 fully saturated rings. The second kappa shape index (κ2) is 8.82. The highest BCUT2D eigenvalue weighted by molar-refractivity contribution is 7.93. The molecule has 0 bridgehead atoms. The van der Waals surface area contributed by atoms with E-state index in [1.54, 1.807) is 0 Å². The minimum Gasteiger partial charge on any atom is -0.279 e. The summed E-state index contributed by atoms with van der Waals surface area (Å²) in [6, 6.07) is 8.52. The van der Waals surface area contributed by atoms with Crippen molar-refractivity contribution in [1.29, 1.82) is 0 Å². The number of halogens is 3. The van der Waals surface area contributed by atoms with Gasteiger partial charge in [0.1, 0.15) is 6.04 Å². The highest BCUT2D eigenvalue weighted by atomic mass is 35.5. The molecule has 0 amide bonds. The van der Waals surface area contributed by atoms with Gasteiger partial charge in [-0.25, -0.2) is 8.42 Å². The fourth-order valence-electron chi connectivity index (χ4n) is 2.86. The number of para-hydroxylation sites is 1. The lowest BCUT2D eigenvalue weighted by molar-refractivity contribution is -0.112. The van der Waals surface area contributed by atoms with Crippen LogP contribution in [0, 0.1) is 0 Å². The molecule has 8 heteroatoms. The van der Waals surface area contributed by atoms with Gasteiger partial charge < -0.3 is 0 Å². The molecule has 0 aromatic heterocycles. The quantitative estimate of drug-likeness (QED) is 0.528. The van der Waals surface area contributed by atoms with Gasteiger partial charge in [-0.05, 0) is 60.7 Å². The van der Waals surface area contributed by atoms with Gasteiger partial charge in [0.25, 0.3) is 10.0 Å². The number of anilines is 1. The summed E-state index contributed by atoms with van der Waals surface area (Å²) < 4.78 is 28.1. The SMILES string of the molecule is CCc1cccc(CC)c1N(C(C)C(=O)Cl)S(=O)(=O)c1ccc(Cl)c(Cl)c1. The Morgan fingerprint density at radius 2 is 1.59 bits per heavy atom. The molecule has 1 atom stereocenters. The predicted octanol–water partition coefficient (Wildman–Crippen LogP) is 5.47. The Morgan fingerprint density at radius 1 is 1.04 bits per heavy atom. The number of benzene rings is 2. The van der Waals surface area contributed by atoms with Gasteiger partial charge in [-0.2, -0.15) is 0 Å². The van der Waals surface area contributed by atoms with E-state index in [1.165, 1.54) is 25.1 Å². The molecule has 0 aliphatic rings. The first-order valence-electron chi connectivity index (χ1n) is 8.44. The molecule has 2 aromatic carbocycles. The summed E-state index contributed by atoms with van der Waals surface area (Å²) in [5.74, 6) is 0. The van der Waals surface area contributed by atoms with Crippen molar-refractivity contribution < 1.29 is 13.2 Å². The molecule has 27 heavy (non-hydrogen) atoms. The van der Waals surface area contributed by atoms with Crippen LogP contribution in [0.4, 0.5) is 5.69 Å². The lowest BCUT2D eigenvalue weighted by Gasteiger charge is -2.32. The van der Waals surface area contributed by atoms with E-state index in [0.717, 1.165) is 15.4 Å². The number of carbonyl (C=O) groups is 1. The summed E-state index contributed by atoms with van der Waals surface area (Å²) in [6.07, 6.45) is 1.19. The van der Waals surface area contributed by atoms with E-state index in [9.17, 15) is 13.2 Å². The van der Waals surface area contributed by atoms with E-state index in [0.29, 0.717) is 18.5 Å². The van der Waals surface area contributed by atoms with Gasteiger partial charge in [0.05, 0.1) is 20.6 Å². The summed E-state index contributed by atoms with van der Waals surface area (Å²) in [7, 11) is -4.12. The van der Waals surface area contributed by atoms with Gasteiger partial charge in [0, 0.05) is 0 Å². The van der Waals surface area contributed by atoms with Crippen LogP contribution in [-0.4, -0.2) is 19.7 Å². The van der Waals surface area contributed by atoms with Crippen molar-refractivity contribution in [3.63, 3.8) is 0 Å². The zero-order chi connectivity index (χ0) is 20.4. The van der Waals surface area contributed by atoms with Gasteiger partial charge in [-0.3, -0.25) is 9.10 Å². The fourth-order valence-corrected chi connectivity index (χ4v) is 5.10. The van der Waals surface area contributed by atoms with E-state index in [2.05, 4.69) is 0 Å². The number of hydrogen-bond acceptors (Lipinski definition) is 3. The van der Waals surface area contributed by atoms with Crippen molar-refractivity contribution >= 4 is 55.8 Å². The van der Waals surface area contributed by atoms with Crippen LogP contribution in [0.1, 0.15) is 31.9 Å². The van der Waals surface area contributed by atoms with Crippen LogP contribution in [-0.2, 0) is 27.7 Å². The summed E-state index contributed by atoms with van der Waals surface area (Å²) in [6.45, 7) is 5.32. The molecule has 0 saturated carbocycles. The highest BCUT2D eigenvalue weighted by Gasteiger charge is 2.35. The highest BCUT2D eigenvalue weighted by Crippen LogP contribution is 2.35.